The summed E-state index contributed by atoms with van der Waals surface area (Å²) in [6, 6.07) is 7.96. The van der Waals surface area contributed by atoms with Gasteiger partial charge in [-0.15, -0.1) is 0 Å². The summed E-state index contributed by atoms with van der Waals surface area (Å²) < 4.78 is 62.8. The minimum Gasteiger partial charge on any atom is -0.492 e. The Hall–Kier alpha value is -3.84. The third-order valence-corrected chi connectivity index (χ3v) is 8.58. The third kappa shape index (κ3) is 6.78. The topological polar surface area (TPSA) is 94.6 Å². The van der Waals surface area contributed by atoms with E-state index in [4.69, 9.17) is 16.3 Å². The van der Waals surface area contributed by atoms with Gasteiger partial charge in [0.25, 0.3) is 0 Å². The summed E-state index contributed by atoms with van der Waals surface area (Å²) in [4.78, 5) is 19.9. The molecule has 0 bridgehead atoms. The molecule has 5 rings (SSSR count). The molecule has 1 aliphatic heterocycles. The van der Waals surface area contributed by atoms with E-state index in [1.165, 1.54) is 23.1 Å². The molecule has 0 saturated carbocycles. The van der Waals surface area contributed by atoms with Crippen LogP contribution in [0.1, 0.15) is 48.8 Å². The van der Waals surface area contributed by atoms with Crippen LogP contribution in [0.15, 0.2) is 42.6 Å². The van der Waals surface area contributed by atoms with Crippen molar-refractivity contribution in [2.75, 3.05) is 25.0 Å². The van der Waals surface area contributed by atoms with Crippen molar-refractivity contribution < 1.29 is 32.2 Å². The third-order valence-electron chi connectivity index (χ3n) is 7.17. The maximum absolute atomic E-state index is 15.4. The second-order valence-electron chi connectivity index (χ2n) is 11.5. The molecule has 1 fully saturated rings. The molecule has 14 heteroatoms. The molecule has 8 nitrogen and oxygen atoms in total. The largest absolute Gasteiger partial charge is 0.492 e. The zero-order chi connectivity index (χ0) is 32.0. The van der Waals surface area contributed by atoms with E-state index in [1.807, 2.05) is 0 Å². The van der Waals surface area contributed by atoms with Crippen molar-refractivity contribution in [1.82, 2.24) is 20.1 Å². The Balaban J connectivity index is 1.51. The first-order valence-corrected chi connectivity index (χ1v) is 14.9. The van der Waals surface area contributed by atoms with Crippen LogP contribution in [0.25, 0.3) is 22.6 Å². The van der Waals surface area contributed by atoms with Crippen molar-refractivity contribution in [3.05, 3.63) is 69.2 Å². The number of hydrogen-bond acceptors (Lipinski definition) is 7. The number of aromatic amines is 1. The number of anilines is 1. The first kappa shape index (κ1) is 31.6. The number of H-pyrrole nitrogens is 1. The van der Waals surface area contributed by atoms with E-state index in [0.717, 1.165) is 22.9 Å². The Morgan fingerprint density at radius 1 is 1.23 bits per heavy atom. The van der Waals surface area contributed by atoms with Crippen molar-refractivity contribution in [2.45, 2.75) is 51.2 Å². The fourth-order valence-corrected chi connectivity index (χ4v) is 6.23. The second kappa shape index (κ2) is 11.9. The maximum Gasteiger partial charge on any atom is 0.417 e. The number of nitrogens with zero attached hydrogens (tertiary/aromatic N) is 4. The first-order chi connectivity index (χ1) is 20.6. The smallest absolute Gasteiger partial charge is 0.417 e. The SMILES string of the molecule is CN(c1nc(O)c(C(=Cc2ccc(Cl)cc2C(F)(F)F)c2ccc3[nH]ncc3c2)s1)C1CCN(C(=O)OC(C)(C)C)CC1F. The molecule has 44 heavy (non-hydrogen) atoms. The summed E-state index contributed by atoms with van der Waals surface area (Å²) in [6.45, 7) is 5.27. The number of carbonyl (C=O) groups excluding carboxylic acids is 1. The van der Waals surface area contributed by atoms with E-state index in [9.17, 15) is 23.1 Å². The van der Waals surface area contributed by atoms with Crippen LogP contribution in [0.3, 0.4) is 0 Å². The van der Waals surface area contributed by atoms with Crippen LogP contribution in [0.5, 0.6) is 5.88 Å². The molecular weight excluding hydrogens is 622 g/mol. The summed E-state index contributed by atoms with van der Waals surface area (Å²) in [6.07, 6.45) is -3.56. The van der Waals surface area contributed by atoms with Gasteiger partial charge >= 0.3 is 12.3 Å². The number of aromatic nitrogens is 3. The molecule has 3 heterocycles. The van der Waals surface area contributed by atoms with Crippen LogP contribution in [0.2, 0.25) is 5.02 Å². The van der Waals surface area contributed by atoms with E-state index in [0.29, 0.717) is 10.9 Å². The van der Waals surface area contributed by atoms with Crippen LogP contribution in [0.4, 0.5) is 27.5 Å². The fraction of sp³-hybridized carbons (Fsp3) is 0.367. The molecule has 2 atom stereocenters. The van der Waals surface area contributed by atoms with Gasteiger partial charge in [0.05, 0.1) is 29.9 Å². The Morgan fingerprint density at radius 2 is 1.98 bits per heavy atom. The molecule has 2 unspecified atom stereocenters. The molecule has 2 aromatic carbocycles. The summed E-state index contributed by atoms with van der Waals surface area (Å²) >= 11 is 6.92. The number of ether oxygens (including phenoxy) is 1. The molecular formula is C30H30ClF4N5O3S. The van der Waals surface area contributed by atoms with Crippen molar-refractivity contribution in [3.8, 4) is 5.88 Å². The van der Waals surface area contributed by atoms with Crippen molar-refractivity contribution in [2.24, 2.45) is 0 Å². The standard InChI is InChI=1S/C30H30ClF4N5O3S/c1-29(2,3)43-28(42)40-10-9-24(22(32)15-40)39(4)27-37-26(41)25(44-27)20(16-6-8-23-18(11-16)14-36-38-23)12-17-5-7-19(31)13-21(17)30(33,34)35/h5-8,11-14,22,24,41H,9-10,15H2,1-4H3,(H,36,38). The van der Waals surface area contributed by atoms with E-state index < -0.39 is 41.5 Å². The summed E-state index contributed by atoms with van der Waals surface area (Å²) in [5, 5.41) is 18.8. The van der Waals surface area contributed by atoms with E-state index in [2.05, 4.69) is 15.2 Å². The van der Waals surface area contributed by atoms with Crippen LogP contribution < -0.4 is 4.90 Å². The number of benzene rings is 2. The summed E-state index contributed by atoms with van der Waals surface area (Å²) in [7, 11) is 1.63. The van der Waals surface area contributed by atoms with Crippen LogP contribution in [-0.2, 0) is 10.9 Å². The molecule has 234 valence electrons. The van der Waals surface area contributed by atoms with Gasteiger partial charge in [-0.25, -0.2) is 9.18 Å². The average molecular weight is 652 g/mol. The fourth-order valence-electron chi connectivity index (χ4n) is 5.04. The van der Waals surface area contributed by atoms with Crippen molar-refractivity contribution >= 4 is 56.7 Å². The lowest BCUT2D eigenvalue weighted by Gasteiger charge is -2.39. The number of fused-ring (bicyclic) bond motifs is 1. The minimum atomic E-state index is -4.69. The molecule has 0 spiro atoms. The van der Waals surface area contributed by atoms with Crippen molar-refractivity contribution in [1.29, 1.82) is 0 Å². The molecule has 1 saturated heterocycles. The number of rotatable bonds is 5. The van der Waals surface area contributed by atoms with Gasteiger partial charge in [-0.1, -0.05) is 35.1 Å². The van der Waals surface area contributed by atoms with Gasteiger partial charge in [0.2, 0.25) is 5.88 Å². The monoisotopic (exact) mass is 651 g/mol. The minimum absolute atomic E-state index is 0.0705. The lowest BCUT2D eigenvalue weighted by molar-refractivity contribution is -0.137. The highest BCUT2D eigenvalue weighted by molar-refractivity contribution is 7.17. The summed E-state index contributed by atoms with van der Waals surface area (Å²) in [5.74, 6) is -0.417. The van der Waals surface area contributed by atoms with Gasteiger partial charge in [0, 0.05) is 29.6 Å². The number of nitrogens with one attached hydrogen (secondary N) is 1. The van der Waals surface area contributed by atoms with Crippen LogP contribution in [-0.4, -0.2) is 69.2 Å². The highest BCUT2D eigenvalue weighted by Gasteiger charge is 2.37. The first-order valence-electron chi connectivity index (χ1n) is 13.7. The number of likely N-dealkylation sites (tertiary alicyclic amines) is 1. The lowest BCUT2D eigenvalue weighted by Crippen LogP contribution is -2.53. The second-order valence-corrected chi connectivity index (χ2v) is 12.9. The highest BCUT2D eigenvalue weighted by atomic mass is 35.5. The Bertz CT molecular complexity index is 1710. The molecule has 1 amide bonds. The predicted octanol–water partition coefficient (Wildman–Crippen LogP) is 7.77. The summed E-state index contributed by atoms with van der Waals surface area (Å²) in [5.41, 5.74) is -0.325. The van der Waals surface area contributed by atoms with E-state index >= 15 is 4.39 Å². The molecule has 0 radical (unpaired) electrons. The lowest BCUT2D eigenvalue weighted by atomic mass is 9.97. The van der Waals surface area contributed by atoms with Gasteiger partial charge < -0.3 is 19.6 Å². The number of piperidine rings is 1. The normalized spacial score (nSPS) is 18.1. The Labute approximate surface area is 259 Å². The van der Waals surface area contributed by atoms with Crippen LogP contribution in [0, 0.1) is 0 Å². The van der Waals surface area contributed by atoms with Gasteiger partial charge in [0.15, 0.2) is 5.13 Å². The Kier molecular flexibility index (Phi) is 8.56. The number of aromatic hydroxyl groups is 1. The number of alkyl halides is 4. The number of halogens is 5. The molecule has 4 aromatic rings. The number of amides is 1. The zero-order valence-electron chi connectivity index (χ0n) is 24.2. The predicted molar refractivity (Wildman–Crippen MR) is 163 cm³/mol. The maximum atomic E-state index is 15.4. The molecule has 1 aliphatic rings. The average Bonchev–Trinajstić information content (AvgIpc) is 3.56. The quantitative estimate of drug-likeness (QED) is 0.169. The number of thiazole rings is 1. The molecule has 2 N–H and O–H groups in total. The van der Waals surface area contributed by atoms with E-state index in [1.54, 1.807) is 57.1 Å². The van der Waals surface area contributed by atoms with Gasteiger partial charge in [-0.05, 0) is 68.7 Å². The van der Waals surface area contributed by atoms with Gasteiger partial charge in [-0.2, -0.15) is 23.3 Å². The van der Waals surface area contributed by atoms with Crippen LogP contribution >= 0.6 is 22.9 Å². The van der Waals surface area contributed by atoms with Gasteiger partial charge in [0.1, 0.15) is 16.6 Å². The van der Waals surface area contributed by atoms with Crippen molar-refractivity contribution in [3.63, 3.8) is 0 Å². The number of carbonyl (C=O) groups is 1. The van der Waals surface area contributed by atoms with E-state index in [-0.39, 0.29) is 45.7 Å². The zero-order valence-corrected chi connectivity index (χ0v) is 25.8. The molecule has 0 aliphatic carbocycles. The number of hydrogen-bond donors (Lipinski definition) is 2. The Morgan fingerprint density at radius 3 is 2.66 bits per heavy atom. The molecule has 2 aromatic heterocycles. The highest BCUT2D eigenvalue weighted by Crippen LogP contribution is 2.43. The van der Waals surface area contributed by atoms with Gasteiger partial charge in [-0.3, -0.25) is 5.10 Å².